The Hall–Kier alpha value is -2.30. The predicted molar refractivity (Wildman–Crippen MR) is 122 cm³/mol. The second-order valence-corrected chi connectivity index (χ2v) is 8.61. The molecule has 0 bridgehead atoms. The molecule has 2 saturated heterocycles. The SMILES string of the molecule is CCC1CCCCN1c1cc(C)nc(N2CCN(c3cccc(C)c3C)CC2)n1. The number of piperidine rings is 1. The first-order valence-corrected chi connectivity index (χ1v) is 11.2. The van der Waals surface area contributed by atoms with Crippen molar-refractivity contribution in [3.05, 3.63) is 41.1 Å². The van der Waals surface area contributed by atoms with Gasteiger partial charge in [0.2, 0.25) is 5.95 Å². The molecule has 2 aliphatic heterocycles. The summed E-state index contributed by atoms with van der Waals surface area (Å²) >= 11 is 0. The van der Waals surface area contributed by atoms with Gasteiger partial charge in [-0.1, -0.05) is 19.1 Å². The lowest BCUT2D eigenvalue weighted by atomic mass is 10.00. The second-order valence-electron chi connectivity index (χ2n) is 8.61. The van der Waals surface area contributed by atoms with Gasteiger partial charge in [-0.15, -0.1) is 0 Å². The number of piperazine rings is 1. The highest BCUT2D eigenvalue weighted by Gasteiger charge is 2.25. The van der Waals surface area contributed by atoms with E-state index in [0.717, 1.165) is 50.2 Å². The van der Waals surface area contributed by atoms with E-state index >= 15 is 0 Å². The Morgan fingerprint density at radius 2 is 1.69 bits per heavy atom. The third-order valence-electron chi connectivity index (χ3n) is 6.70. The number of hydrogen-bond donors (Lipinski definition) is 0. The van der Waals surface area contributed by atoms with E-state index in [1.807, 2.05) is 0 Å². The number of nitrogens with zero attached hydrogens (tertiary/aromatic N) is 5. The maximum absolute atomic E-state index is 5.03. The number of aryl methyl sites for hydroxylation is 2. The lowest BCUT2D eigenvalue weighted by Crippen LogP contribution is -2.47. The van der Waals surface area contributed by atoms with Crippen LogP contribution in [0.25, 0.3) is 0 Å². The molecule has 0 amide bonds. The normalized spacial score (nSPS) is 20.3. The third kappa shape index (κ3) is 4.19. The first-order valence-electron chi connectivity index (χ1n) is 11.2. The Morgan fingerprint density at radius 3 is 2.45 bits per heavy atom. The van der Waals surface area contributed by atoms with Crippen molar-refractivity contribution in [3.63, 3.8) is 0 Å². The van der Waals surface area contributed by atoms with Crippen molar-refractivity contribution in [2.24, 2.45) is 0 Å². The van der Waals surface area contributed by atoms with E-state index in [0.29, 0.717) is 6.04 Å². The molecule has 2 aliphatic rings. The van der Waals surface area contributed by atoms with Crippen LogP contribution in [0, 0.1) is 20.8 Å². The molecule has 0 aliphatic carbocycles. The Balaban J connectivity index is 1.50. The smallest absolute Gasteiger partial charge is 0.227 e. The molecule has 156 valence electrons. The van der Waals surface area contributed by atoms with Gasteiger partial charge in [-0.25, -0.2) is 4.98 Å². The summed E-state index contributed by atoms with van der Waals surface area (Å²) in [5, 5.41) is 0. The first kappa shape index (κ1) is 20.0. The van der Waals surface area contributed by atoms with E-state index in [2.05, 4.69) is 66.7 Å². The monoisotopic (exact) mass is 393 g/mol. The van der Waals surface area contributed by atoms with Crippen molar-refractivity contribution in [2.75, 3.05) is 47.4 Å². The highest BCUT2D eigenvalue weighted by atomic mass is 15.3. The number of aromatic nitrogens is 2. The zero-order chi connectivity index (χ0) is 20.4. The van der Waals surface area contributed by atoms with Crippen molar-refractivity contribution in [1.29, 1.82) is 0 Å². The van der Waals surface area contributed by atoms with Gasteiger partial charge < -0.3 is 14.7 Å². The summed E-state index contributed by atoms with van der Waals surface area (Å²) in [6.07, 6.45) is 5.08. The molecule has 0 saturated carbocycles. The fourth-order valence-corrected chi connectivity index (χ4v) is 4.78. The molecule has 5 heteroatoms. The van der Waals surface area contributed by atoms with Gasteiger partial charge >= 0.3 is 0 Å². The zero-order valence-electron chi connectivity index (χ0n) is 18.5. The standard InChI is InChI=1S/C24H35N5/c1-5-21-10-6-7-12-29(21)23-17-19(3)25-24(26-23)28-15-13-27(14-16-28)22-11-8-9-18(2)20(22)4/h8-9,11,17,21H,5-7,10,12-16H2,1-4H3. The largest absolute Gasteiger partial charge is 0.368 e. The molecule has 3 heterocycles. The molecule has 2 fully saturated rings. The van der Waals surface area contributed by atoms with Crippen molar-refractivity contribution in [2.45, 2.75) is 59.4 Å². The highest BCUT2D eigenvalue weighted by molar-refractivity contribution is 5.57. The molecule has 29 heavy (non-hydrogen) atoms. The molecular weight excluding hydrogens is 358 g/mol. The Kier molecular flexibility index (Phi) is 5.93. The summed E-state index contributed by atoms with van der Waals surface area (Å²) in [7, 11) is 0. The van der Waals surface area contributed by atoms with Crippen LogP contribution in [0.1, 0.15) is 49.4 Å². The van der Waals surface area contributed by atoms with Crippen molar-refractivity contribution in [1.82, 2.24) is 9.97 Å². The van der Waals surface area contributed by atoms with Gasteiger partial charge in [0.05, 0.1) is 0 Å². The van der Waals surface area contributed by atoms with Gasteiger partial charge in [0.25, 0.3) is 0 Å². The molecule has 0 spiro atoms. The third-order valence-corrected chi connectivity index (χ3v) is 6.70. The van der Waals surface area contributed by atoms with Gasteiger partial charge in [-0.3, -0.25) is 0 Å². The molecule has 0 radical (unpaired) electrons. The lowest BCUT2D eigenvalue weighted by molar-refractivity contribution is 0.446. The van der Waals surface area contributed by atoms with Crippen LogP contribution in [0.2, 0.25) is 0 Å². The maximum atomic E-state index is 5.03. The lowest BCUT2D eigenvalue weighted by Gasteiger charge is -2.39. The van der Waals surface area contributed by atoms with Crippen LogP contribution in [0.15, 0.2) is 24.3 Å². The Labute approximate surface area is 175 Å². The molecule has 1 unspecified atom stereocenters. The minimum atomic E-state index is 0.618. The van der Waals surface area contributed by atoms with E-state index in [1.165, 1.54) is 42.5 Å². The molecule has 1 aromatic heterocycles. The second kappa shape index (κ2) is 8.60. The summed E-state index contributed by atoms with van der Waals surface area (Å²) in [5.74, 6) is 2.03. The quantitative estimate of drug-likeness (QED) is 0.764. The molecule has 2 aromatic rings. The van der Waals surface area contributed by atoms with Crippen LogP contribution in [0.3, 0.4) is 0 Å². The minimum absolute atomic E-state index is 0.618. The molecular formula is C24H35N5. The molecule has 0 N–H and O–H groups in total. The summed E-state index contributed by atoms with van der Waals surface area (Å²) in [5.41, 5.74) is 5.20. The van der Waals surface area contributed by atoms with Crippen LogP contribution in [-0.2, 0) is 0 Å². The first-order chi connectivity index (χ1) is 14.1. The van der Waals surface area contributed by atoms with E-state index in [9.17, 15) is 0 Å². The molecule has 1 atom stereocenters. The summed E-state index contributed by atoms with van der Waals surface area (Å²) < 4.78 is 0. The maximum Gasteiger partial charge on any atom is 0.227 e. The summed E-state index contributed by atoms with van der Waals surface area (Å²) in [4.78, 5) is 17.2. The molecule has 5 nitrogen and oxygen atoms in total. The average molecular weight is 394 g/mol. The van der Waals surface area contributed by atoms with Gasteiger partial charge in [0.1, 0.15) is 5.82 Å². The minimum Gasteiger partial charge on any atom is -0.368 e. The Bertz CT molecular complexity index is 841. The van der Waals surface area contributed by atoms with Crippen LogP contribution in [0.4, 0.5) is 17.5 Å². The summed E-state index contributed by atoms with van der Waals surface area (Å²) in [6, 6.07) is 9.40. The fraction of sp³-hybridized carbons (Fsp3) is 0.583. The van der Waals surface area contributed by atoms with Crippen LogP contribution in [0.5, 0.6) is 0 Å². The average Bonchev–Trinajstić information content (AvgIpc) is 2.75. The van der Waals surface area contributed by atoms with E-state index in [4.69, 9.17) is 9.97 Å². The van der Waals surface area contributed by atoms with Crippen LogP contribution in [-0.4, -0.2) is 48.7 Å². The van der Waals surface area contributed by atoms with E-state index < -0.39 is 0 Å². The Morgan fingerprint density at radius 1 is 0.931 bits per heavy atom. The van der Waals surface area contributed by atoms with Crippen molar-refractivity contribution >= 4 is 17.5 Å². The van der Waals surface area contributed by atoms with Gasteiger partial charge in [-0.2, -0.15) is 4.98 Å². The molecule has 1 aromatic carbocycles. The van der Waals surface area contributed by atoms with Crippen molar-refractivity contribution in [3.8, 4) is 0 Å². The van der Waals surface area contributed by atoms with Crippen LogP contribution >= 0.6 is 0 Å². The van der Waals surface area contributed by atoms with Crippen LogP contribution < -0.4 is 14.7 Å². The number of benzene rings is 1. The zero-order valence-corrected chi connectivity index (χ0v) is 18.5. The predicted octanol–water partition coefficient (Wildman–Crippen LogP) is 4.50. The topological polar surface area (TPSA) is 35.5 Å². The van der Waals surface area contributed by atoms with Gasteiger partial charge in [0, 0.05) is 56.2 Å². The highest BCUT2D eigenvalue weighted by Crippen LogP contribution is 2.28. The molecule has 4 rings (SSSR count). The van der Waals surface area contributed by atoms with E-state index in [-0.39, 0.29) is 0 Å². The van der Waals surface area contributed by atoms with Crippen molar-refractivity contribution < 1.29 is 0 Å². The van der Waals surface area contributed by atoms with Gasteiger partial charge in [0.15, 0.2) is 0 Å². The fourth-order valence-electron chi connectivity index (χ4n) is 4.78. The number of anilines is 3. The van der Waals surface area contributed by atoms with Gasteiger partial charge in [-0.05, 0) is 63.6 Å². The number of rotatable bonds is 4. The summed E-state index contributed by atoms with van der Waals surface area (Å²) in [6.45, 7) is 13.9. The number of hydrogen-bond acceptors (Lipinski definition) is 5. The van der Waals surface area contributed by atoms with E-state index in [1.54, 1.807) is 0 Å².